The van der Waals surface area contributed by atoms with Crippen LogP contribution in [0, 0.1) is 0 Å². The van der Waals surface area contributed by atoms with Gasteiger partial charge in [0.2, 0.25) is 0 Å². The third kappa shape index (κ3) is 2.14. The van der Waals surface area contributed by atoms with E-state index in [0.717, 1.165) is 18.7 Å². The second-order valence-corrected chi connectivity index (χ2v) is 4.59. The molecule has 0 aliphatic rings. The first-order valence-corrected chi connectivity index (χ1v) is 6.53. The molecule has 5 nitrogen and oxygen atoms in total. The van der Waals surface area contributed by atoms with Gasteiger partial charge in [-0.3, -0.25) is 0 Å². The fourth-order valence-electron chi connectivity index (χ4n) is 1.70. The molecule has 6 heteroatoms. The largest absolute Gasteiger partial charge is 0.423 e. The van der Waals surface area contributed by atoms with Crippen molar-refractivity contribution < 1.29 is 4.42 Å². The van der Waals surface area contributed by atoms with Gasteiger partial charge >= 0.3 is 0 Å². The van der Waals surface area contributed by atoms with Crippen molar-refractivity contribution in [2.45, 2.75) is 6.42 Å². The number of nitrogens with zero attached hydrogens (tertiary/aromatic N) is 2. The maximum absolute atomic E-state index is 5.82. The van der Waals surface area contributed by atoms with Gasteiger partial charge in [0.1, 0.15) is 5.52 Å². The van der Waals surface area contributed by atoms with Gasteiger partial charge in [-0.05, 0) is 12.1 Å². The highest BCUT2D eigenvalue weighted by molar-refractivity contribution is 7.07. The Kier molecular flexibility index (Phi) is 2.85. The first-order valence-electron chi connectivity index (χ1n) is 5.59. The summed E-state index contributed by atoms with van der Waals surface area (Å²) in [4.78, 5) is 8.52. The van der Waals surface area contributed by atoms with Gasteiger partial charge in [-0.1, -0.05) is 6.07 Å². The Morgan fingerprint density at radius 1 is 1.39 bits per heavy atom. The average Bonchev–Trinajstić information content (AvgIpc) is 2.98. The lowest BCUT2D eigenvalue weighted by Crippen LogP contribution is -2.05. The molecule has 0 fully saturated rings. The molecule has 1 aromatic carbocycles. The third-order valence-corrected chi connectivity index (χ3v) is 3.23. The smallest absolute Gasteiger partial charge is 0.295 e. The van der Waals surface area contributed by atoms with E-state index in [1.165, 1.54) is 0 Å². The lowest BCUT2D eigenvalue weighted by Gasteiger charge is -1.98. The molecular weight excluding hydrogens is 248 g/mol. The van der Waals surface area contributed by atoms with Crippen molar-refractivity contribution in [3.8, 4) is 0 Å². The molecule has 0 saturated carbocycles. The van der Waals surface area contributed by atoms with Crippen molar-refractivity contribution >= 4 is 34.1 Å². The van der Waals surface area contributed by atoms with E-state index in [-0.39, 0.29) is 0 Å². The van der Waals surface area contributed by atoms with Gasteiger partial charge in [0.25, 0.3) is 6.01 Å². The number of oxazole rings is 1. The number of para-hydroxylation sites is 1. The van der Waals surface area contributed by atoms with E-state index >= 15 is 0 Å². The van der Waals surface area contributed by atoms with Crippen LogP contribution in [0.15, 0.2) is 33.5 Å². The number of hydrogen-bond acceptors (Lipinski definition) is 6. The van der Waals surface area contributed by atoms with Crippen molar-refractivity contribution in [3.63, 3.8) is 0 Å². The monoisotopic (exact) mass is 260 g/mol. The first kappa shape index (κ1) is 11.0. The Balaban J connectivity index is 1.69. The minimum absolute atomic E-state index is 0.498. The number of aromatic nitrogens is 2. The van der Waals surface area contributed by atoms with Crippen molar-refractivity contribution in [2.75, 3.05) is 17.6 Å². The fourth-order valence-corrected chi connectivity index (χ4v) is 2.30. The van der Waals surface area contributed by atoms with Crippen LogP contribution in [0.25, 0.3) is 11.1 Å². The summed E-state index contributed by atoms with van der Waals surface area (Å²) in [6, 6.07) is 6.01. The molecule has 0 saturated heterocycles. The van der Waals surface area contributed by atoms with E-state index in [4.69, 9.17) is 10.2 Å². The van der Waals surface area contributed by atoms with Crippen LogP contribution < -0.4 is 11.1 Å². The molecule has 0 amide bonds. The van der Waals surface area contributed by atoms with E-state index in [1.54, 1.807) is 11.3 Å². The maximum atomic E-state index is 5.82. The second kappa shape index (κ2) is 4.66. The Hall–Kier alpha value is -2.08. The maximum Gasteiger partial charge on any atom is 0.295 e. The summed E-state index contributed by atoms with van der Waals surface area (Å²) >= 11 is 1.60. The molecule has 0 bridgehead atoms. The zero-order valence-corrected chi connectivity index (χ0v) is 10.4. The third-order valence-electron chi connectivity index (χ3n) is 2.59. The zero-order valence-electron chi connectivity index (χ0n) is 9.59. The van der Waals surface area contributed by atoms with Crippen LogP contribution in [0.5, 0.6) is 0 Å². The average molecular weight is 260 g/mol. The highest BCUT2D eigenvalue weighted by Crippen LogP contribution is 2.23. The first-order chi connectivity index (χ1) is 8.83. The summed E-state index contributed by atoms with van der Waals surface area (Å²) < 4.78 is 5.55. The van der Waals surface area contributed by atoms with Gasteiger partial charge in [0, 0.05) is 18.3 Å². The summed E-state index contributed by atoms with van der Waals surface area (Å²) in [6.45, 7) is 0.733. The Labute approximate surface area is 108 Å². The number of nitrogens with one attached hydrogen (secondary N) is 1. The standard InChI is InChI=1S/C12H12N4OS/c13-9-2-1-3-10-11(9)16-12(17-10)14-5-4-8-6-18-7-15-8/h1-3,6-7H,4-5,13H2,(H,14,16). The molecule has 0 radical (unpaired) electrons. The van der Waals surface area contributed by atoms with Crippen molar-refractivity contribution in [1.29, 1.82) is 0 Å². The summed E-state index contributed by atoms with van der Waals surface area (Å²) in [6.07, 6.45) is 0.845. The number of nitrogens with two attached hydrogens (primary N) is 1. The topological polar surface area (TPSA) is 77.0 Å². The number of thiazole rings is 1. The normalized spacial score (nSPS) is 10.9. The van der Waals surface area contributed by atoms with Crippen LogP contribution in [0.2, 0.25) is 0 Å². The molecule has 92 valence electrons. The predicted molar refractivity (Wildman–Crippen MR) is 72.7 cm³/mol. The Morgan fingerprint density at radius 3 is 3.11 bits per heavy atom. The van der Waals surface area contributed by atoms with Gasteiger partial charge in [-0.2, -0.15) is 4.98 Å². The molecule has 3 rings (SSSR count). The van der Waals surface area contributed by atoms with Gasteiger partial charge in [-0.25, -0.2) is 4.98 Å². The second-order valence-electron chi connectivity index (χ2n) is 3.87. The number of fused-ring (bicyclic) bond motifs is 1. The number of rotatable bonds is 4. The lowest BCUT2D eigenvalue weighted by molar-refractivity contribution is 0.614. The minimum atomic E-state index is 0.498. The molecule has 0 atom stereocenters. The summed E-state index contributed by atoms with van der Waals surface area (Å²) in [7, 11) is 0. The van der Waals surface area contributed by atoms with Crippen molar-refractivity contribution in [3.05, 3.63) is 34.8 Å². The van der Waals surface area contributed by atoms with E-state index < -0.39 is 0 Å². The summed E-state index contributed by atoms with van der Waals surface area (Å²) in [5, 5.41) is 5.16. The molecule has 18 heavy (non-hydrogen) atoms. The SMILES string of the molecule is Nc1cccc2oc(NCCc3cscn3)nc12. The highest BCUT2D eigenvalue weighted by Gasteiger charge is 2.07. The van der Waals surface area contributed by atoms with Crippen LogP contribution in [0.1, 0.15) is 5.69 Å². The van der Waals surface area contributed by atoms with Crippen LogP contribution in [0.3, 0.4) is 0 Å². The molecule has 0 unspecified atom stereocenters. The molecule has 0 aliphatic heterocycles. The Morgan fingerprint density at radius 2 is 2.33 bits per heavy atom. The molecule has 3 aromatic rings. The van der Waals surface area contributed by atoms with Gasteiger partial charge in [0.15, 0.2) is 5.58 Å². The fraction of sp³-hybridized carbons (Fsp3) is 0.167. The van der Waals surface area contributed by atoms with E-state index in [0.29, 0.717) is 22.8 Å². The molecule has 0 spiro atoms. The molecule has 2 aromatic heterocycles. The van der Waals surface area contributed by atoms with Crippen LogP contribution in [-0.2, 0) is 6.42 Å². The number of anilines is 2. The molecule has 0 aliphatic carbocycles. The number of hydrogen-bond donors (Lipinski definition) is 2. The van der Waals surface area contributed by atoms with Gasteiger partial charge in [0.05, 0.1) is 16.9 Å². The van der Waals surface area contributed by atoms with Crippen LogP contribution >= 0.6 is 11.3 Å². The number of benzene rings is 1. The van der Waals surface area contributed by atoms with Crippen molar-refractivity contribution in [1.82, 2.24) is 9.97 Å². The minimum Gasteiger partial charge on any atom is -0.423 e. The Bertz CT molecular complexity index is 647. The van der Waals surface area contributed by atoms with E-state index in [1.807, 2.05) is 29.1 Å². The lowest BCUT2D eigenvalue weighted by atomic mass is 10.3. The highest BCUT2D eigenvalue weighted by atomic mass is 32.1. The molecule has 3 N–H and O–H groups in total. The van der Waals surface area contributed by atoms with Crippen LogP contribution in [0.4, 0.5) is 11.7 Å². The van der Waals surface area contributed by atoms with Crippen molar-refractivity contribution in [2.24, 2.45) is 0 Å². The number of nitrogen functional groups attached to an aromatic ring is 1. The zero-order chi connectivity index (χ0) is 12.4. The van der Waals surface area contributed by atoms with Gasteiger partial charge < -0.3 is 15.5 Å². The predicted octanol–water partition coefficient (Wildman–Crippen LogP) is 2.52. The molecular formula is C12H12N4OS. The molecule has 2 heterocycles. The summed E-state index contributed by atoms with van der Waals surface area (Å²) in [5.74, 6) is 0. The quantitative estimate of drug-likeness (QED) is 0.705. The van der Waals surface area contributed by atoms with Crippen LogP contribution in [-0.4, -0.2) is 16.5 Å². The van der Waals surface area contributed by atoms with E-state index in [9.17, 15) is 0 Å². The summed E-state index contributed by atoms with van der Waals surface area (Å²) in [5.41, 5.74) is 10.7. The van der Waals surface area contributed by atoms with Gasteiger partial charge in [-0.15, -0.1) is 11.3 Å². The van der Waals surface area contributed by atoms with E-state index in [2.05, 4.69) is 15.3 Å².